The number of aliphatic hydroxyl groups excluding tert-OH is 2. The Hall–Kier alpha value is -3.71. The van der Waals surface area contributed by atoms with Crippen molar-refractivity contribution in [2.24, 2.45) is 0 Å². The highest BCUT2D eigenvalue weighted by Gasteiger charge is 2.38. The van der Waals surface area contributed by atoms with Gasteiger partial charge in [0.25, 0.3) is 5.52 Å². The normalized spacial score (nSPS) is 16.1. The number of halogens is 1. The largest absolute Gasteiger partial charge is 0.398 e. The molecule has 6 rings (SSSR count). The van der Waals surface area contributed by atoms with Gasteiger partial charge in [0.2, 0.25) is 5.58 Å². The third-order valence-electron chi connectivity index (χ3n) is 8.38. The number of fused-ring (bicyclic) bond motifs is 2. The summed E-state index contributed by atoms with van der Waals surface area (Å²) in [6.45, 7) is 7.35. The van der Waals surface area contributed by atoms with E-state index in [-0.39, 0.29) is 32.2 Å². The zero-order chi connectivity index (χ0) is 34.3. The fourth-order valence-electron chi connectivity index (χ4n) is 6.10. The fraction of sp³-hybridized carbons (Fsp3) is 0.316. The number of aliphatic hydroxyl groups is 2. The lowest BCUT2D eigenvalue weighted by molar-refractivity contribution is -0.679. The summed E-state index contributed by atoms with van der Waals surface area (Å²) < 4.78 is 20.4. The van der Waals surface area contributed by atoms with E-state index < -0.39 is 0 Å². The molecule has 49 heavy (non-hydrogen) atoms. The highest BCUT2D eigenvalue weighted by Crippen LogP contribution is 2.46. The molecule has 0 spiro atoms. The van der Waals surface area contributed by atoms with Gasteiger partial charge in [-0.25, -0.2) is 0 Å². The maximum atomic E-state index is 14.2. The Labute approximate surface area is 299 Å². The molecule has 256 valence electrons. The number of carbonyl (C=O) groups excluding carboxylic acids is 1. The van der Waals surface area contributed by atoms with Gasteiger partial charge >= 0.3 is 5.89 Å². The van der Waals surface area contributed by atoms with Crippen LogP contribution in [0.3, 0.4) is 0 Å². The fourth-order valence-corrected chi connectivity index (χ4v) is 7.46. The van der Waals surface area contributed by atoms with E-state index in [1.807, 2.05) is 53.1 Å². The summed E-state index contributed by atoms with van der Waals surface area (Å²) in [6.07, 6.45) is 3.86. The molecule has 0 bridgehead atoms. The van der Waals surface area contributed by atoms with Crippen LogP contribution in [0.15, 0.2) is 104 Å². The van der Waals surface area contributed by atoms with Crippen LogP contribution in [0.4, 0.5) is 11.4 Å². The Morgan fingerprint density at radius 2 is 1.69 bits per heavy atom. The quantitative estimate of drug-likeness (QED) is 0.0795. The monoisotopic (exact) mass is 746 g/mol. The number of aromatic nitrogens is 1. The average molecular weight is 748 g/mol. The summed E-state index contributed by atoms with van der Waals surface area (Å²) in [5.74, 6) is 2.04. The molecule has 4 aromatic rings. The summed E-state index contributed by atoms with van der Waals surface area (Å²) in [5, 5.41) is 18.4. The van der Waals surface area contributed by atoms with Crippen LogP contribution in [0.1, 0.15) is 23.9 Å². The molecule has 0 radical (unpaired) electrons. The van der Waals surface area contributed by atoms with Gasteiger partial charge in [-0.2, -0.15) is 4.57 Å². The number of allylic oxidation sites excluding steroid dienone is 3. The first-order valence-corrected chi connectivity index (χ1v) is 18.3. The van der Waals surface area contributed by atoms with E-state index in [1.165, 1.54) is 11.1 Å². The van der Waals surface area contributed by atoms with Crippen LogP contribution in [-0.2, 0) is 27.4 Å². The number of aryl methyl sites for hydroxylation is 1. The molecular formula is C38H41BrN3O6S+. The second-order valence-electron chi connectivity index (χ2n) is 11.7. The number of ether oxygens (including phenoxy) is 2. The van der Waals surface area contributed by atoms with Crippen molar-refractivity contribution < 1.29 is 33.5 Å². The molecule has 0 saturated heterocycles. The minimum atomic E-state index is -0.0566. The molecule has 3 aromatic carbocycles. The molecule has 0 atom stereocenters. The Morgan fingerprint density at radius 1 is 0.918 bits per heavy atom. The number of oxazole rings is 1. The van der Waals surface area contributed by atoms with E-state index in [0.29, 0.717) is 54.7 Å². The minimum absolute atomic E-state index is 0.0390. The van der Waals surface area contributed by atoms with Gasteiger partial charge in [0.1, 0.15) is 12.4 Å². The van der Waals surface area contributed by atoms with Gasteiger partial charge in [-0.3, -0.25) is 4.79 Å². The highest BCUT2D eigenvalue weighted by molar-refractivity contribution is 9.10. The van der Waals surface area contributed by atoms with Crippen molar-refractivity contribution in [2.75, 3.05) is 61.7 Å². The van der Waals surface area contributed by atoms with Crippen LogP contribution in [-0.4, -0.2) is 67.9 Å². The molecule has 0 unspecified atom stereocenters. The number of anilines is 2. The van der Waals surface area contributed by atoms with Crippen LogP contribution >= 0.6 is 27.7 Å². The van der Waals surface area contributed by atoms with Gasteiger partial charge < -0.3 is 33.9 Å². The van der Waals surface area contributed by atoms with Gasteiger partial charge in [-0.15, -0.1) is 11.8 Å². The van der Waals surface area contributed by atoms with E-state index in [1.54, 1.807) is 11.8 Å². The third-order valence-corrected chi connectivity index (χ3v) is 9.98. The third kappa shape index (κ3) is 7.72. The standard InChI is InChI=1S/C38H41BrN3O6S/c1-3-40-33-21-26(2)9-11-31(33)42(25-27-7-5-4-6-8-27)35(40)23-29-37(45)30(38(29)49-20-19-47-18-15-44)24-36-41(13-16-46-17-14-43)32-12-10-28(39)22-34(32)48-36/h4-12,21-24,43-44H,3,13-20,25H2,1-2H3/q+1. The van der Waals surface area contributed by atoms with Crippen LogP contribution < -0.4 is 14.4 Å². The zero-order valence-corrected chi connectivity index (χ0v) is 30.1. The van der Waals surface area contributed by atoms with Gasteiger partial charge in [-0.05, 0) is 49.2 Å². The van der Waals surface area contributed by atoms with Gasteiger partial charge in [-0.1, -0.05) is 52.3 Å². The summed E-state index contributed by atoms with van der Waals surface area (Å²) in [6, 6.07) is 22.7. The van der Waals surface area contributed by atoms with E-state index >= 15 is 0 Å². The van der Waals surface area contributed by atoms with Gasteiger partial charge in [0, 0.05) is 51.5 Å². The summed E-state index contributed by atoms with van der Waals surface area (Å²) in [7, 11) is 0. The topological polar surface area (TPSA) is 99.5 Å². The summed E-state index contributed by atoms with van der Waals surface area (Å²) in [4.78, 5) is 19.6. The number of carbonyl (C=O) groups is 1. The lowest BCUT2D eigenvalue weighted by Crippen LogP contribution is -2.38. The van der Waals surface area contributed by atoms with Gasteiger partial charge in [0.15, 0.2) is 12.3 Å². The zero-order valence-electron chi connectivity index (χ0n) is 27.7. The number of Topliss-reactive ketones (excluding diaryl/α,β-unsaturated/α-hetero) is 1. The predicted molar refractivity (Wildman–Crippen MR) is 197 cm³/mol. The number of benzene rings is 3. The Kier molecular flexibility index (Phi) is 11.7. The number of rotatable bonds is 16. The molecule has 2 N–H and O–H groups in total. The number of ketones is 1. The number of nitrogens with zero attached hydrogens (tertiary/aromatic N) is 3. The molecule has 2 aliphatic rings. The second kappa shape index (κ2) is 16.3. The molecule has 1 aliphatic heterocycles. The minimum Gasteiger partial charge on any atom is -0.398 e. The molecule has 11 heteroatoms. The molecular weight excluding hydrogens is 706 g/mol. The van der Waals surface area contributed by atoms with Gasteiger partial charge in [0.05, 0.1) is 50.5 Å². The van der Waals surface area contributed by atoms with Crippen molar-refractivity contribution >= 4 is 62.0 Å². The molecule has 0 fully saturated rings. The highest BCUT2D eigenvalue weighted by atomic mass is 79.9. The first-order valence-electron chi connectivity index (χ1n) is 16.5. The SMILES string of the molecule is CCN1/C(=C/C2=C(SCCOCCO)C(=C\c3oc4cc(Br)ccc4[n+]3CCOCCO)/C2=O)N(Cc2ccccc2)c2ccc(C)cc21. The van der Waals surface area contributed by atoms with Crippen LogP contribution in [0.2, 0.25) is 0 Å². The maximum absolute atomic E-state index is 14.2. The first-order chi connectivity index (χ1) is 23.9. The number of hydrogen-bond donors (Lipinski definition) is 2. The first kappa shape index (κ1) is 35.1. The second-order valence-corrected chi connectivity index (χ2v) is 13.7. The van der Waals surface area contributed by atoms with Crippen LogP contribution in [0, 0.1) is 6.92 Å². The van der Waals surface area contributed by atoms with Crippen molar-refractivity contribution in [1.82, 2.24) is 0 Å². The summed E-state index contributed by atoms with van der Waals surface area (Å²) >= 11 is 5.10. The lowest BCUT2D eigenvalue weighted by Gasteiger charge is -2.28. The molecule has 9 nitrogen and oxygen atoms in total. The number of hydrogen-bond acceptors (Lipinski definition) is 9. The van der Waals surface area contributed by atoms with E-state index in [0.717, 1.165) is 38.6 Å². The smallest absolute Gasteiger partial charge is 0.374 e. The summed E-state index contributed by atoms with van der Waals surface area (Å²) in [5.41, 5.74) is 7.36. The molecule has 0 amide bonds. The Balaban J connectivity index is 1.42. The van der Waals surface area contributed by atoms with Crippen molar-refractivity contribution in [2.45, 2.75) is 26.9 Å². The van der Waals surface area contributed by atoms with E-state index in [2.05, 4.69) is 69.9 Å². The van der Waals surface area contributed by atoms with E-state index in [9.17, 15) is 15.0 Å². The molecule has 1 aromatic heterocycles. The average Bonchev–Trinajstić information content (AvgIpc) is 3.59. The van der Waals surface area contributed by atoms with Crippen molar-refractivity contribution in [1.29, 1.82) is 0 Å². The predicted octanol–water partition coefficient (Wildman–Crippen LogP) is 6.15. The van der Waals surface area contributed by atoms with Crippen molar-refractivity contribution in [3.63, 3.8) is 0 Å². The molecule has 0 saturated carbocycles. The van der Waals surface area contributed by atoms with Crippen molar-refractivity contribution in [3.8, 4) is 0 Å². The van der Waals surface area contributed by atoms with E-state index in [4.69, 9.17) is 13.9 Å². The maximum Gasteiger partial charge on any atom is 0.374 e. The van der Waals surface area contributed by atoms with Crippen LogP contribution in [0.25, 0.3) is 17.2 Å². The number of thioether (sulfide) groups is 1. The Morgan fingerprint density at radius 3 is 2.45 bits per heavy atom. The lowest BCUT2D eigenvalue weighted by atomic mass is 9.89. The van der Waals surface area contributed by atoms with Crippen molar-refractivity contribution in [3.05, 3.63) is 116 Å². The molecule has 2 heterocycles. The molecule has 1 aliphatic carbocycles. The van der Waals surface area contributed by atoms with Crippen LogP contribution in [0.5, 0.6) is 0 Å². The Bertz CT molecular complexity index is 1900.